The average Bonchev–Trinajstić information content (AvgIpc) is 2.90. The number of fused-ring (bicyclic) bond motifs is 1. The second kappa shape index (κ2) is 11.1. The van der Waals surface area contributed by atoms with Crippen LogP contribution in [0.15, 0.2) is 85.1 Å². The Morgan fingerprint density at radius 1 is 1.03 bits per heavy atom. The van der Waals surface area contributed by atoms with Crippen molar-refractivity contribution in [3.63, 3.8) is 0 Å². The Bertz CT molecular complexity index is 1310. The highest BCUT2D eigenvalue weighted by molar-refractivity contribution is 5.97. The van der Waals surface area contributed by atoms with Gasteiger partial charge in [-0.05, 0) is 42.7 Å². The fourth-order valence-corrected chi connectivity index (χ4v) is 4.42. The Morgan fingerprint density at radius 3 is 2.44 bits per heavy atom. The number of nitrogens with two attached hydrogens (primary N) is 1. The number of phenolic OH excluding ortho intramolecular Hbond substituents is 1. The molecule has 1 aliphatic rings. The van der Waals surface area contributed by atoms with Gasteiger partial charge in [-0.25, -0.2) is 0 Å². The van der Waals surface area contributed by atoms with Gasteiger partial charge in [0.05, 0.1) is 18.3 Å². The third-order valence-electron chi connectivity index (χ3n) is 6.42. The summed E-state index contributed by atoms with van der Waals surface area (Å²) in [5.41, 5.74) is 7.83. The maximum atomic E-state index is 12.8. The first-order valence-electron chi connectivity index (χ1n) is 11.9. The summed E-state index contributed by atoms with van der Waals surface area (Å²) in [6.07, 6.45) is 3.40. The van der Waals surface area contributed by atoms with E-state index in [4.69, 9.17) is 10.5 Å². The smallest absolute Gasteiger partial charge is 0.257 e. The Labute approximate surface area is 210 Å². The summed E-state index contributed by atoms with van der Waals surface area (Å²) in [6, 6.07) is 24.1. The van der Waals surface area contributed by atoms with E-state index in [0.717, 1.165) is 10.9 Å². The van der Waals surface area contributed by atoms with E-state index in [-0.39, 0.29) is 11.7 Å². The Morgan fingerprint density at radius 2 is 1.75 bits per heavy atom. The molecule has 3 aromatic carbocycles. The zero-order valence-electron chi connectivity index (χ0n) is 20.3. The predicted octanol–water partition coefficient (Wildman–Crippen LogP) is 4.43. The zero-order chi connectivity index (χ0) is 25.5. The number of pyridine rings is 1. The van der Waals surface area contributed by atoms with E-state index in [1.165, 1.54) is 7.11 Å². The number of aliphatic hydroxyl groups is 1. The molecule has 1 aromatic heterocycles. The van der Waals surface area contributed by atoms with E-state index in [0.29, 0.717) is 54.9 Å². The second-order valence-electron chi connectivity index (χ2n) is 8.99. The average molecular weight is 486 g/mol. The van der Waals surface area contributed by atoms with Crippen LogP contribution in [0, 0.1) is 0 Å². The first-order chi connectivity index (χ1) is 17.4. The second-order valence-corrected chi connectivity index (χ2v) is 8.99. The summed E-state index contributed by atoms with van der Waals surface area (Å²) in [4.78, 5) is 18.6. The van der Waals surface area contributed by atoms with E-state index in [1.54, 1.807) is 41.4 Å². The van der Waals surface area contributed by atoms with Crippen LogP contribution in [-0.2, 0) is 6.42 Å². The molecule has 0 atom stereocenters. The molecule has 2 heterocycles. The van der Waals surface area contributed by atoms with Gasteiger partial charge in [-0.3, -0.25) is 9.78 Å². The highest BCUT2D eigenvalue weighted by atomic mass is 16.5. The number of para-hydroxylation sites is 1. The number of hydrogen-bond donors (Lipinski definition) is 3. The molecule has 36 heavy (non-hydrogen) atoms. The lowest BCUT2D eigenvalue weighted by Crippen LogP contribution is -2.47. The lowest BCUT2D eigenvalue weighted by atomic mass is 9.85. The fraction of sp³-hybridized carbons (Fsp3) is 0.241. The summed E-state index contributed by atoms with van der Waals surface area (Å²) in [5.74, 6) is 0.636. The molecular weight excluding hydrogens is 454 g/mol. The number of aromatic nitrogens is 1. The van der Waals surface area contributed by atoms with Crippen molar-refractivity contribution >= 4 is 22.5 Å². The Kier molecular flexibility index (Phi) is 7.71. The van der Waals surface area contributed by atoms with Crippen molar-refractivity contribution in [2.45, 2.75) is 24.9 Å². The number of methoxy groups -OCH3 is 1. The number of likely N-dealkylation sites (tertiary alicyclic amines) is 1. The molecule has 1 amide bonds. The normalized spacial score (nSPS) is 14.6. The van der Waals surface area contributed by atoms with Crippen molar-refractivity contribution < 1.29 is 19.7 Å². The van der Waals surface area contributed by atoms with Gasteiger partial charge in [0.25, 0.3) is 5.91 Å². The van der Waals surface area contributed by atoms with Gasteiger partial charge in [-0.15, -0.1) is 0 Å². The number of anilines is 1. The van der Waals surface area contributed by atoms with E-state index < -0.39 is 5.60 Å². The number of phenols is 1. The Hall–Kier alpha value is -4.10. The number of nitrogens with zero attached hydrogens (tertiary/aromatic N) is 2. The van der Waals surface area contributed by atoms with E-state index >= 15 is 0 Å². The van der Waals surface area contributed by atoms with Crippen LogP contribution in [0.4, 0.5) is 5.69 Å². The van der Waals surface area contributed by atoms with E-state index in [9.17, 15) is 15.0 Å². The highest BCUT2D eigenvalue weighted by Crippen LogP contribution is 2.29. The van der Waals surface area contributed by atoms with Crippen LogP contribution in [0.1, 0.15) is 28.8 Å². The number of amides is 1. The number of aromatic hydroxyl groups is 1. The van der Waals surface area contributed by atoms with Crippen LogP contribution in [0.3, 0.4) is 0 Å². The standard InChI is InChI=1S/C20H24N2O3.C9H7NO/c1-25-18-13-16(21)7-8-17(18)19(23)22-11-9-20(24,10-12-22)14-15-5-3-2-4-6-15;11-8-5-1-3-7-4-2-6-10-9(7)8/h2-8,13,24H,9-12,14,21H2,1H3;1-6,11H. The van der Waals surface area contributed by atoms with E-state index in [1.807, 2.05) is 48.5 Å². The molecular formula is C29H31N3O4. The van der Waals surface area contributed by atoms with E-state index in [2.05, 4.69) is 4.98 Å². The number of rotatable bonds is 4. The topological polar surface area (TPSA) is 109 Å². The zero-order valence-corrected chi connectivity index (χ0v) is 20.3. The van der Waals surface area contributed by atoms with Crippen LogP contribution in [0.2, 0.25) is 0 Å². The minimum absolute atomic E-state index is 0.0846. The summed E-state index contributed by atoms with van der Waals surface area (Å²) in [5, 5.41) is 21.1. The first-order valence-corrected chi connectivity index (χ1v) is 11.9. The number of carbonyl (C=O) groups is 1. The number of carbonyl (C=O) groups excluding carboxylic acids is 1. The van der Waals surface area contributed by atoms with Crippen molar-refractivity contribution in [3.05, 3.63) is 96.2 Å². The van der Waals surface area contributed by atoms with Crippen LogP contribution >= 0.6 is 0 Å². The maximum absolute atomic E-state index is 12.8. The minimum atomic E-state index is -0.761. The molecule has 0 bridgehead atoms. The maximum Gasteiger partial charge on any atom is 0.257 e. The predicted molar refractivity (Wildman–Crippen MR) is 141 cm³/mol. The van der Waals surface area contributed by atoms with Gasteiger partial charge < -0.3 is 25.6 Å². The van der Waals surface area contributed by atoms with Crippen LogP contribution in [0.25, 0.3) is 10.9 Å². The number of piperidine rings is 1. The van der Waals surface area contributed by atoms with Crippen molar-refractivity contribution in [2.24, 2.45) is 0 Å². The lowest BCUT2D eigenvalue weighted by molar-refractivity contribution is -0.0162. The molecule has 0 aliphatic carbocycles. The summed E-state index contributed by atoms with van der Waals surface area (Å²) in [6.45, 7) is 1.05. The third kappa shape index (κ3) is 5.93. The van der Waals surface area contributed by atoms with Crippen molar-refractivity contribution in [1.82, 2.24) is 9.88 Å². The molecule has 1 saturated heterocycles. The van der Waals surface area contributed by atoms with Crippen LogP contribution in [0.5, 0.6) is 11.5 Å². The molecule has 7 heteroatoms. The minimum Gasteiger partial charge on any atom is -0.506 e. The number of benzene rings is 3. The molecule has 4 N–H and O–H groups in total. The molecule has 5 rings (SSSR count). The van der Waals surface area contributed by atoms with Gasteiger partial charge in [0, 0.05) is 42.8 Å². The van der Waals surface area contributed by atoms with Gasteiger partial charge in [0.1, 0.15) is 17.0 Å². The SMILES string of the molecule is COc1cc(N)ccc1C(=O)N1CCC(O)(Cc2ccccc2)CC1.Oc1cccc2cccnc12. The fourth-order valence-electron chi connectivity index (χ4n) is 4.42. The van der Waals surface area contributed by atoms with Gasteiger partial charge in [0.2, 0.25) is 0 Å². The monoisotopic (exact) mass is 485 g/mol. The molecule has 1 fully saturated rings. The van der Waals surface area contributed by atoms with Gasteiger partial charge in [-0.1, -0.05) is 48.5 Å². The molecule has 7 nitrogen and oxygen atoms in total. The Balaban J connectivity index is 0.000000229. The van der Waals surface area contributed by atoms with Gasteiger partial charge in [0.15, 0.2) is 0 Å². The molecule has 0 saturated carbocycles. The largest absolute Gasteiger partial charge is 0.506 e. The summed E-state index contributed by atoms with van der Waals surface area (Å²) >= 11 is 0. The van der Waals surface area contributed by atoms with Crippen LogP contribution in [-0.4, -0.2) is 51.8 Å². The quantitative estimate of drug-likeness (QED) is 0.369. The molecule has 0 spiro atoms. The molecule has 1 aliphatic heterocycles. The molecule has 186 valence electrons. The number of hydrogen-bond acceptors (Lipinski definition) is 6. The number of ether oxygens (including phenoxy) is 1. The highest BCUT2D eigenvalue weighted by Gasteiger charge is 2.34. The van der Waals surface area contributed by atoms with Crippen molar-refractivity contribution in [1.29, 1.82) is 0 Å². The first kappa shape index (κ1) is 25.0. The summed E-state index contributed by atoms with van der Waals surface area (Å²) < 4.78 is 5.28. The third-order valence-corrected chi connectivity index (χ3v) is 6.42. The summed E-state index contributed by atoms with van der Waals surface area (Å²) in [7, 11) is 1.53. The van der Waals surface area contributed by atoms with Crippen molar-refractivity contribution in [2.75, 3.05) is 25.9 Å². The molecule has 4 aromatic rings. The number of nitrogen functional groups attached to an aromatic ring is 1. The van der Waals surface area contributed by atoms with Crippen LogP contribution < -0.4 is 10.5 Å². The molecule has 0 radical (unpaired) electrons. The lowest BCUT2D eigenvalue weighted by Gasteiger charge is -2.38. The van der Waals surface area contributed by atoms with Crippen molar-refractivity contribution in [3.8, 4) is 11.5 Å². The molecule has 0 unspecified atom stereocenters. The van der Waals surface area contributed by atoms with Gasteiger partial charge in [-0.2, -0.15) is 0 Å². The van der Waals surface area contributed by atoms with Gasteiger partial charge >= 0.3 is 0 Å².